The molecule has 44 heavy (non-hydrogen) atoms. The molecule has 0 spiro atoms. The molecule has 5 aromatic rings. The molecule has 1 heterocycles. The third-order valence-electron chi connectivity index (χ3n) is 8.46. The lowest BCUT2D eigenvalue weighted by Crippen LogP contribution is -2.17. The summed E-state index contributed by atoms with van der Waals surface area (Å²) in [6.45, 7) is 2.13. The first-order chi connectivity index (χ1) is 21.7. The van der Waals surface area contributed by atoms with Crippen molar-refractivity contribution in [1.82, 2.24) is 0 Å². The molecular formula is C42H35NO. The van der Waals surface area contributed by atoms with Crippen LogP contribution in [0.2, 0.25) is 0 Å². The molecule has 2 aliphatic rings. The smallest absolute Gasteiger partial charge is 0.133 e. The minimum absolute atomic E-state index is 0.256. The number of ether oxygens (including phenoxy) is 1. The fraction of sp³-hybridized carbons (Fsp3) is 0.0952. The zero-order valence-electron chi connectivity index (χ0n) is 24.9. The third kappa shape index (κ3) is 5.80. The van der Waals surface area contributed by atoms with E-state index in [-0.39, 0.29) is 5.92 Å². The number of hydrogen-bond donors (Lipinski definition) is 0. The van der Waals surface area contributed by atoms with E-state index in [2.05, 4.69) is 157 Å². The van der Waals surface area contributed by atoms with Crippen LogP contribution in [0.1, 0.15) is 29.0 Å². The van der Waals surface area contributed by atoms with Gasteiger partial charge in [-0.25, -0.2) is 0 Å². The maximum atomic E-state index is 6.12. The van der Waals surface area contributed by atoms with E-state index >= 15 is 0 Å². The summed E-state index contributed by atoms with van der Waals surface area (Å²) in [7, 11) is 0. The van der Waals surface area contributed by atoms with Crippen molar-refractivity contribution in [3.63, 3.8) is 0 Å². The van der Waals surface area contributed by atoms with Crippen LogP contribution in [0.25, 0.3) is 22.3 Å². The predicted molar refractivity (Wildman–Crippen MR) is 184 cm³/mol. The van der Waals surface area contributed by atoms with E-state index in [9.17, 15) is 0 Å². The number of anilines is 2. The van der Waals surface area contributed by atoms with Crippen molar-refractivity contribution in [2.45, 2.75) is 25.7 Å². The van der Waals surface area contributed by atoms with Crippen LogP contribution in [0.15, 0.2) is 170 Å². The van der Waals surface area contributed by atoms with Crippen molar-refractivity contribution in [3.8, 4) is 28.0 Å². The molecule has 7 rings (SSSR count). The van der Waals surface area contributed by atoms with Gasteiger partial charge in [-0.05, 0) is 84.0 Å². The second kappa shape index (κ2) is 12.5. The second-order valence-electron chi connectivity index (χ2n) is 11.4. The molecule has 0 saturated heterocycles. The average Bonchev–Trinajstić information content (AvgIpc) is 3.07. The number of fused-ring (bicyclic) bond motifs is 1. The average molecular weight is 570 g/mol. The summed E-state index contributed by atoms with van der Waals surface area (Å²) in [4.78, 5) is 2.36. The van der Waals surface area contributed by atoms with E-state index in [0.29, 0.717) is 0 Å². The molecule has 214 valence electrons. The van der Waals surface area contributed by atoms with Gasteiger partial charge in [0.1, 0.15) is 5.75 Å². The molecular weight excluding hydrogens is 534 g/mol. The van der Waals surface area contributed by atoms with E-state index in [1.54, 1.807) is 6.26 Å². The van der Waals surface area contributed by atoms with Crippen molar-refractivity contribution in [1.29, 1.82) is 0 Å². The lowest BCUT2D eigenvalue weighted by atomic mass is 9.88. The van der Waals surface area contributed by atoms with Gasteiger partial charge in [-0.3, -0.25) is 0 Å². The summed E-state index contributed by atoms with van der Waals surface area (Å²) in [5.74, 6) is 1.24. The molecule has 1 aliphatic heterocycles. The first-order valence-electron chi connectivity index (χ1n) is 15.3. The fourth-order valence-electron chi connectivity index (χ4n) is 6.06. The van der Waals surface area contributed by atoms with Crippen LogP contribution in [0.4, 0.5) is 11.4 Å². The highest BCUT2D eigenvalue weighted by Crippen LogP contribution is 2.40. The Hall–Kier alpha value is -5.34. The molecule has 1 atom stereocenters. The first-order valence-corrected chi connectivity index (χ1v) is 15.3. The minimum Gasteiger partial charge on any atom is -0.464 e. The predicted octanol–water partition coefficient (Wildman–Crippen LogP) is 11.1. The maximum absolute atomic E-state index is 6.12. The Bertz CT molecular complexity index is 1860. The van der Waals surface area contributed by atoms with E-state index < -0.39 is 0 Å². The van der Waals surface area contributed by atoms with E-state index in [4.69, 9.17) is 4.74 Å². The Balaban J connectivity index is 1.16. The van der Waals surface area contributed by atoms with Gasteiger partial charge >= 0.3 is 0 Å². The van der Waals surface area contributed by atoms with Crippen LogP contribution in [-0.4, -0.2) is 0 Å². The Kier molecular flexibility index (Phi) is 7.80. The van der Waals surface area contributed by atoms with Crippen LogP contribution in [0, 0.1) is 6.92 Å². The summed E-state index contributed by atoms with van der Waals surface area (Å²) in [6, 6.07) is 43.6. The van der Waals surface area contributed by atoms with Crippen molar-refractivity contribution in [2.75, 3.05) is 4.90 Å². The largest absolute Gasteiger partial charge is 0.464 e. The lowest BCUT2D eigenvalue weighted by molar-refractivity contribution is 0.466. The molecule has 1 unspecified atom stereocenters. The summed E-state index contributed by atoms with van der Waals surface area (Å²) in [5.41, 5.74) is 12.0. The standard InChI is InChI=1S/C42H35NO/c1-31-14-24-38(25-15-31)43(39-26-20-35(21-27-39)34-18-16-33(17-19-34)32-9-4-2-5-10-32)40-28-22-36(23-29-40)41-13-8-12-37-11-6-3-7-30-44-42(37)41/h2-10,12-22,24-30,36H,11,23H2,1H3/b6-3-,30-7-. The Morgan fingerprint density at radius 1 is 0.636 bits per heavy atom. The Morgan fingerprint density at radius 3 is 1.93 bits per heavy atom. The highest BCUT2D eigenvalue weighted by atomic mass is 16.5. The van der Waals surface area contributed by atoms with Gasteiger partial charge < -0.3 is 9.64 Å². The van der Waals surface area contributed by atoms with Crippen molar-refractivity contribution < 1.29 is 4.74 Å². The molecule has 2 heteroatoms. The zero-order valence-corrected chi connectivity index (χ0v) is 24.9. The molecule has 1 aliphatic carbocycles. The Morgan fingerprint density at radius 2 is 1.27 bits per heavy atom. The normalized spacial score (nSPS) is 16.9. The van der Waals surface area contributed by atoms with Gasteiger partial charge in [0.25, 0.3) is 0 Å². The molecule has 0 amide bonds. The summed E-state index contributed by atoms with van der Waals surface area (Å²) >= 11 is 0. The molecule has 5 aromatic carbocycles. The molecule has 2 nitrogen and oxygen atoms in total. The number of rotatable bonds is 6. The summed E-state index contributed by atoms with van der Waals surface area (Å²) in [5, 5.41) is 0. The SMILES string of the molecule is Cc1ccc(N(C2=CCC(c3cccc4c3O/C=C\C=C/C4)C=C2)c2ccc(-c3ccc(-c4ccccc4)cc3)cc2)cc1. The number of aryl methyl sites for hydroxylation is 1. The topological polar surface area (TPSA) is 12.5 Å². The number of para-hydroxylation sites is 1. The van der Waals surface area contributed by atoms with Crippen molar-refractivity contribution >= 4 is 11.4 Å². The van der Waals surface area contributed by atoms with E-state index in [1.807, 2.05) is 12.2 Å². The van der Waals surface area contributed by atoms with Gasteiger partial charge in [-0.2, -0.15) is 0 Å². The minimum atomic E-state index is 0.256. The van der Waals surface area contributed by atoms with Gasteiger partial charge in [-0.1, -0.05) is 127 Å². The van der Waals surface area contributed by atoms with Crippen molar-refractivity contribution in [3.05, 3.63) is 186 Å². The monoisotopic (exact) mass is 569 g/mol. The van der Waals surface area contributed by atoms with Crippen molar-refractivity contribution in [2.24, 2.45) is 0 Å². The van der Waals surface area contributed by atoms with E-state index in [0.717, 1.165) is 30.0 Å². The van der Waals surface area contributed by atoms with Gasteiger partial charge in [0, 0.05) is 28.6 Å². The fourth-order valence-corrected chi connectivity index (χ4v) is 6.06. The molecule has 0 saturated carbocycles. The molecule has 0 fully saturated rings. The van der Waals surface area contributed by atoms with Crippen LogP contribution < -0.4 is 9.64 Å². The lowest BCUT2D eigenvalue weighted by Gasteiger charge is -2.30. The number of benzene rings is 5. The Labute approximate surface area is 260 Å². The van der Waals surface area contributed by atoms with Gasteiger partial charge in [0.2, 0.25) is 0 Å². The highest BCUT2D eigenvalue weighted by Gasteiger charge is 2.21. The highest BCUT2D eigenvalue weighted by molar-refractivity contribution is 5.75. The maximum Gasteiger partial charge on any atom is 0.133 e. The van der Waals surface area contributed by atoms with Crippen LogP contribution in [0.3, 0.4) is 0 Å². The quantitative estimate of drug-likeness (QED) is 0.202. The molecule has 0 aromatic heterocycles. The zero-order chi connectivity index (χ0) is 29.7. The van der Waals surface area contributed by atoms with Crippen LogP contribution >= 0.6 is 0 Å². The molecule has 0 radical (unpaired) electrons. The molecule has 0 bridgehead atoms. The summed E-state index contributed by atoms with van der Waals surface area (Å²) in [6.07, 6.45) is 16.7. The second-order valence-corrected chi connectivity index (χ2v) is 11.4. The van der Waals surface area contributed by atoms with Gasteiger partial charge in [0.15, 0.2) is 0 Å². The number of hydrogen-bond acceptors (Lipinski definition) is 2. The summed E-state index contributed by atoms with van der Waals surface area (Å²) < 4.78 is 6.12. The van der Waals surface area contributed by atoms with Gasteiger partial charge in [-0.15, -0.1) is 0 Å². The number of nitrogens with zero attached hydrogens (tertiary/aromatic N) is 1. The first kappa shape index (κ1) is 27.5. The number of allylic oxidation sites excluding steroid dienone is 6. The van der Waals surface area contributed by atoms with E-state index in [1.165, 1.54) is 44.6 Å². The van der Waals surface area contributed by atoms with Gasteiger partial charge in [0.05, 0.1) is 6.26 Å². The van der Waals surface area contributed by atoms with Crippen LogP contribution in [-0.2, 0) is 6.42 Å². The van der Waals surface area contributed by atoms with Crippen LogP contribution in [0.5, 0.6) is 5.75 Å². The third-order valence-corrected chi connectivity index (χ3v) is 8.46. The molecule has 0 N–H and O–H groups in total.